The molecule has 1 N–H and O–H groups in total. The Bertz CT molecular complexity index is 733. The fourth-order valence-corrected chi connectivity index (χ4v) is 2.95. The average molecular weight is 324 g/mol. The van der Waals surface area contributed by atoms with Crippen LogP contribution in [0.5, 0.6) is 0 Å². The summed E-state index contributed by atoms with van der Waals surface area (Å²) in [5.41, 5.74) is 3.13. The van der Waals surface area contributed by atoms with Crippen molar-refractivity contribution in [2.75, 3.05) is 19.6 Å². The van der Waals surface area contributed by atoms with Gasteiger partial charge >= 0.3 is 0 Å². The molecule has 0 spiro atoms. The SMILES string of the molecule is CC(=O)NCC(=O)N1CCC(c2ccnc(-c3ccncc3)c2)C1. The third kappa shape index (κ3) is 3.76. The standard InChI is InChI=1S/C18H20N4O2/c1-13(23)21-11-18(24)22-9-5-16(12-22)15-4-8-20-17(10-15)14-2-6-19-7-3-14/h2-4,6-8,10,16H,5,9,11-12H2,1H3,(H,21,23). The van der Waals surface area contributed by atoms with Crippen LogP contribution in [0.1, 0.15) is 24.8 Å². The molecule has 0 aliphatic carbocycles. The smallest absolute Gasteiger partial charge is 0.241 e. The largest absolute Gasteiger partial charge is 0.347 e. The maximum absolute atomic E-state index is 12.1. The fourth-order valence-electron chi connectivity index (χ4n) is 2.95. The van der Waals surface area contributed by atoms with Crippen molar-refractivity contribution >= 4 is 11.8 Å². The van der Waals surface area contributed by atoms with Gasteiger partial charge < -0.3 is 10.2 Å². The van der Waals surface area contributed by atoms with Gasteiger partial charge in [0.2, 0.25) is 11.8 Å². The van der Waals surface area contributed by atoms with Crippen LogP contribution < -0.4 is 5.32 Å². The predicted octanol–water partition coefficient (Wildman–Crippen LogP) is 1.60. The predicted molar refractivity (Wildman–Crippen MR) is 90.1 cm³/mol. The second-order valence-corrected chi connectivity index (χ2v) is 5.95. The molecule has 6 nitrogen and oxygen atoms in total. The summed E-state index contributed by atoms with van der Waals surface area (Å²) in [6, 6.07) is 7.97. The summed E-state index contributed by atoms with van der Waals surface area (Å²) in [6.07, 6.45) is 6.24. The molecular formula is C18H20N4O2. The van der Waals surface area contributed by atoms with E-state index >= 15 is 0 Å². The molecule has 1 fully saturated rings. The van der Waals surface area contributed by atoms with Crippen molar-refractivity contribution in [2.45, 2.75) is 19.3 Å². The highest BCUT2D eigenvalue weighted by Crippen LogP contribution is 2.29. The van der Waals surface area contributed by atoms with E-state index in [2.05, 4.69) is 21.4 Å². The summed E-state index contributed by atoms with van der Waals surface area (Å²) in [7, 11) is 0. The molecule has 1 saturated heterocycles. The van der Waals surface area contributed by atoms with Gasteiger partial charge in [-0.05, 0) is 36.2 Å². The molecular weight excluding hydrogens is 304 g/mol. The summed E-state index contributed by atoms with van der Waals surface area (Å²) in [5, 5.41) is 2.56. The van der Waals surface area contributed by atoms with E-state index in [0.29, 0.717) is 12.5 Å². The monoisotopic (exact) mass is 324 g/mol. The Kier molecular flexibility index (Phi) is 4.84. The summed E-state index contributed by atoms with van der Waals surface area (Å²) in [5.74, 6) is 0.0844. The van der Waals surface area contributed by atoms with E-state index in [0.717, 1.165) is 24.2 Å². The quantitative estimate of drug-likeness (QED) is 0.927. The van der Waals surface area contributed by atoms with E-state index in [1.807, 2.05) is 29.3 Å². The lowest BCUT2D eigenvalue weighted by Crippen LogP contribution is -2.38. The first kappa shape index (κ1) is 16.1. The van der Waals surface area contributed by atoms with Gasteiger partial charge in [-0.2, -0.15) is 0 Å². The van der Waals surface area contributed by atoms with Crippen LogP contribution >= 0.6 is 0 Å². The van der Waals surface area contributed by atoms with Gasteiger partial charge in [-0.3, -0.25) is 19.6 Å². The van der Waals surface area contributed by atoms with E-state index in [-0.39, 0.29) is 18.4 Å². The summed E-state index contributed by atoms with van der Waals surface area (Å²) in [6.45, 7) is 2.88. The minimum Gasteiger partial charge on any atom is -0.347 e. The highest BCUT2D eigenvalue weighted by molar-refractivity contribution is 5.83. The Morgan fingerprint density at radius 3 is 2.79 bits per heavy atom. The molecule has 3 rings (SSSR count). The van der Waals surface area contributed by atoms with Gasteiger partial charge in [-0.1, -0.05) is 0 Å². The van der Waals surface area contributed by atoms with Crippen molar-refractivity contribution in [3.05, 3.63) is 48.4 Å². The number of carbonyl (C=O) groups is 2. The summed E-state index contributed by atoms with van der Waals surface area (Å²) < 4.78 is 0. The third-order valence-electron chi connectivity index (χ3n) is 4.26. The number of hydrogen-bond donors (Lipinski definition) is 1. The van der Waals surface area contributed by atoms with Crippen LogP contribution in [0, 0.1) is 0 Å². The second kappa shape index (κ2) is 7.21. The van der Waals surface area contributed by atoms with E-state index < -0.39 is 0 Å². The maximum Gasteiger partial charge on any atom is 0.241 e. The maximum atomic E-state index is 12.1. The number of nitrogens with zero attached hydrogens (tertiary/aromatic N) is 3. The zero-order valence-electron chi connectivity index (χ0n) is 13.6. The second-order valence-electron chi connectivity index (χ2n) is 5.95. The first-order valence-corrected chi connectivity index (χ1v) is 8.02. The van der Waals surface area contributed by atoms with Gasteiger partial charge in [-0.25, -0.2) is 0 Å². The molecule has 1 aliphatic heterocycles. The first-order chi connectivity index (χ1) is 11.6. The van der Waals surface area contributed by atoms with Crippen LogP contribution in [0.3, 0.4) is 0 Å². The van der Waals surface area contributed by atoms with Gasteiger partial charge in [0.05, 0.1) is 12.2 Å². The zero-order chi connectivity index (χ0) is 16.9. The van der Waals surface area contributed by atoms with Gasteiger partial charge in [-0.15, -0.1) is 0 Å². The summed E-state index contributed by atoms with van der Waals surface area (Å²) in [4.78, 5) is 33.3. The molecule has 2 amide bonds. The highest BCUT2D eigenvalue weighted by atomic mass is 16.2. The van der Waals surface area contributed by atoms with Crippen molar-refractivity contribution in [3.8, 4) is 11.3 Å². The number of amides is 2. The molecule has 0 aromatic carbocycles. The lowest BCUT2D eigenvalue weighted by molar-refractivity contribution is -0.131. The number of pyridine rings is 2. The third-order valence-corrected chi connectivity index (χ3v) is 4.26. The minimum absolute atomic E-state index is 0.0314. The van der Waals surface area contributed by atoms with Crippen LogP contribution in [0.4, 0.5) is 0 Å². The van der Waals surface area contributed by atoms with Crippen molar-refractivity contribution < 1.29 is 9.59 Å². The number of aromatic nitrogens is 2. The van der Waals surface area contributed by atoms with Gasteiger partial charge in [0.1, 0.15) is 0 Å². The molecule has 0 saturated carbocycles. The van der Waals surface area contributed by atoms with E-state index in [9.17, 15) is 9.59 Å². The molecule has 124 valence electrons. The molecule has 24 heavy (non-hydrogen) atoms. The van der Waals surface area contributed by atoms with Crippen LogP contribution in [0.25, 0.3) is 11.3 Å². The molecule has 3 heterocycles. The molecule has 1 aliphatic rings. The first-order valence-electron chi connectivity index (χ1n) is 8.02. The Morgan fingerprint density at radius 1 is 1.25 bits per heavy atom. The van der Waals surface area contributed by atoms with Crippen LogP contribution in [0.15, 0.2) is 42.9 Å². The average Bonchev–Trinajstić information content (AvgIpc) is 3.11. The van der Waals surface area contributed by atoms with Crippen LogP contribution in [0.2, 0.25) is 0 Å². The molecule has 1 unspecified atom stereocenters. The van der Waals surface area contributed by atoms with E-state index in [1.54, 1.807) is 12.4 Å². The molecule has 2 aromatic rings. The fraction of sp³-hybridized carbons (Fsp3) is 0.333. The van der Waals surface area contributed by atoms with Gasteiger partial charge in [0.25, 0.3) is 0 Å². The Hall–Kier alpha value is -2.76. The summed E-state index contributed by atoms with van der Waals surface area (Å²) >= 11 is 0. The lowest BCUT2D eigenvalue weighted by Gasteiger charge is -2.17. The number of hydrogen-bond acceptors (Lipinski definition) is 4. The molecule has 0 radical (unpaired) electrons. The Labute approximate surface area is 140 Å². The number of nitrogens with one attached hydrogen (secondary N) is 1. The lowest BCUT2D eigenvalue weighted by atomic mass is 9.98. The van der Waals surface area contributed by atoms with Crippen LogP contribution in [-0.4, -0.2) is 46.3 Å². The molecule has 1 atom stereocenters. The minimum atomic E-state index is -0.185. The number of rotatable bonds is 4. The highest BCUT2D eigenvalue weighted by Gasteiger charge is 2.27. The number of likely N-dealkylation sites (tertiary alicyclic amines) is 1. The molecule has 0 bridgehead atoms. The normalized spacial score (nSPS) is 16.9. The number of carbonyl (C=O) groups excluding carboxylic acids is 2. The Balaban J connectivity index is 1.68. The molecule has 6 heteroatoms. The van der Waals surface area contributed by atoms with Crippen molar-refractivity contribution in [3.63, 3.8) is 0 Å². The topological polar surface area (TPSA) is 75.2 Å². The Morgan fingerprint density at radius 2 is 2.04 bits per heavy atom. The van der Waals surface area contributed by atoms with Crippen molar-refractivity contribution in [1.29, 1.82) is 0 Å². The van der Waals surface area contributed by atoms with Crippen molar-refractivity contribution in [2.24, 2.45) is 0 Å². The van der Waals surface area contributed by atoms with Gasteiger partial charge in [0, 0.05) is 50.1 Å². The van der Waals surface area contributed by atoms with Gasteiger partial charge in [0.15, 0.2) is 0 Å². The van der Waals surface area contributed by atoms with E-state index in [4.69, 9.17) is 0 Å². The zero-order valence-corrected chi connectivity index (χ0v) is 13.6. The van der Waals surface area contributed by atoms with Crippen LogP contribution in [-0.2, 0) is 9.59 Å². The molecule has 2 aromatic heterocycles. The van der Waals surface area contributed by atoms with Crippen molar-refractivity contribution in [1.82, 2.24) is 20.2 Å². The van der Waals surface area contributed by atoms with E-state index in [1.165, 1.54) is 12.5 Å².